The maximum absolute atomic E-state index is 12.9. The molecule has 1 amide bonds. The lowest BCUT2D eigenvalue weighted by atomic mass is 9.89. The first-order valence-corrected chi connectivity index (χ1v) is 11.4. The molecule has 1 heterocycles. The Kier molecular flexibility index (Phi) is 6.84. The number of amides is 1. The van der Waals surface area contributed by atoms with Crippen LogP contribution < -0.4 is 22.7 Å². The van der Waals surface area contributed by atoms with E-state index in [9.17, 15) is 4.79 Å². The maximum atomic E-state index is 12.9. The minimum absolute atomic E-state index is 0. The Morgan fingerprint density at radius 1 is 0.938 bits per heavy atom. The minimum Gasteiger partial charge on any atom is -1.00 e. The van der Waals surface area contributed by atoms with Gasteiger partial charge in [-0.2, -0.15) is 0 Å². The molecule has 0 atom stereocenters. The van der Waals surface area contributed by atoms with Gasteiger partial charge in [-0.1, -0.05) is 65.9 Å². The van der Waals surface area contributed by atoms with Crippen LogP contribution in [-0.2, 0) is 17.6 Å². The lowest BCUT2D eigenvalue weighted by molar-refractivity contribution is -0.381. The Morgan fingerprint density at radius 3 is 2.50 bits per heavy atom. The first-order chi connectivity index (χ1) is 15.2. The zero-order valence-electron chi connectivity index (χ0n) is 17.5. The molecule has 0 spiro atoms. The highest BCUT2D eigenvalue weighted by atomic mass is 35.5. The summed E-state index contributed by atoms with van der Waals surface area (Å²) in [5, 5.41) is 6.33. The lowest BCUT2D eigenvalue weighted by Gasteiger charge is -2.17. The van der Waals surface area contributed by atoms with Crippen LogP contribution in [0.25, 0.3) is 17.2 Å². The second-order valence-corrected chi connectivity index (χ2v) is 8.77. The molecule has 3 aromatic carbocycles. The third kappa shape index (κ3) is 4.98. The van der Waals surface area contributed by atoms with Crippen molar-refractivity contribution in [2.24, 2.45) is 0 Å². The highest BCUT2D eigenvalue weighted by Crippen LogP contribution is 2.29. The van der Waals surface area contributed by atoms with Gasteiger partial charge in [-0.25, -0.2) is 4.98 Å². The van der Waals surface area contributed by atoms with Gasteiger partial charge >= 0.3 is 0 Å². The molecule has 2 N–H and O–H groups in total. The Bertz CT molecular complexity index is 1230. The van der Waals surface area contributed by atoms with E-state index in [1.165, 1.54) is 27.3 Å². The van der Waals surface area contributed by atoms with Crippen molar-refractivity contribution in [3.05, 3.63) is 112 Å². The number of rotatable bonds is 5. The largest absolute Gasteiger partial charge is 1.00 e. The van der Waals surface area contributed by atoms with Crippen LogP contribution in [0.3, 0.4) is 0 Å². The summed E-state index contributed by atoms with van der Waals surface area (Å²) in [4.78, 5) is 16.1. The summed E-state index contributed by atoms with van der Waals surface area (Å²) in [5.41, 5.74) is 7.68. The van der Waals surface area contributed by atoms with E-state index in [2.05, 4.69) is 52.8 Å². The Labute approximate surface area is 198 Å². The van der Waals surface area contributed by atoms with Crippen LogP contribution in [0.15, 0.2) is 89.9 Å². The van der Waals surface area contributed by atoms with Crippen molar-refractivity contribution in [1.29, 1.82) is 0 Å². The molecule has 1 aromatic heterocycles. The number of aromatic amines is 1. The quantitative estimate of drug-likeness (QED) is 0.491. The SMILES string of the molecule is O=C(Nc1ccc(Cc2[nH+]ccs2)cc1)C1=Cc2cc(-c3ccccc3)ccc2CC1.[Cl-]. The molecule has 3 nitrogen and oxygen atoms in total. The third-order valence-corrected chi connectivity index (χ3v) is 6.46. The summed E-state index contributed by atoms with van der Waals surface area (Å²) in [6, 6.07) is 25.0. The molecular weight excluding hydrogens is 436 g/mol. The van der Waals surface area contributed by atoms with Gasteiger partial charge in [-0.05, 0) is 64.9 Å². The number of fused-ring (bicyclic) bond motifs is 1. The first-order valence-electron chi connectivity index (χ1n) is 10.5. The number of hydrogen-bond acceptors (Lipinski definition) is 2. The van der Waals surface area contributed by atoms with Crippen molar-refractivity contribution >= 4 is 29.0 Å². The summed E-state index contributed by atoms with van der Waals surface area (Å²) >= 11 is 1.71. The van der Waals surface area contributed by atoms with Crippen LogP contribution in [-0.4, -0.2) is 5.91 Å². The van der Waals surface area contributed by atoms with Crippen molar-refractivity contribution in [3.8, 4) is 11.1 Å². The molecule has 1 aliphatic rings. The van der Waals surface area contributed by atoms with Crippen molar-refractivity contribution in [3.63, 3.8) is 0 Å². The second kappa shape index (κ2) is 9.94. The molecule has 0 aliphatic heterocycles. The van der Waals surface area contributed by atoms with E-state index in [1.54, 1.807) is 11.3 Å². The van der Waals surface area contributed by atoms with Crippen LogP contribution in [0.2, 0.25) is 0 Å². The number of carbonyl (C=O) groups is 1. The maximum Gasteiger partial charge on any atom is 0.251 e. The standard InChI is InChI=1S/C27H22N2OS.ClH/c30-27(29-25-12-6-19(7-13-25)16-26-28-14-15-31-26)23-11-9-21-8-10-22(17-24(21)18-23)20-4-2-1-3-5-20;/h1-8,10,12-15,17-18H,9,11,16H2,(H,29,30);1H. The summed E-state index contributed by atoms with van der Waals surface area (Å²) in [7, 11) is 0. The van der Waals surface area contributed by atoms with Crippen LogP contribution in [0.5, 0.6) is 0 Å². The summed E-state index contributed by atoms with van der Waals surface area (Å²) in [5.74, 6) is -0.0184. The van der Waals surface area contributed by atoms with Gasteiger partial charge in [0.25, 0.3) is 5.91 Å². The smallest absolute Gasteiger partial charge is 0.251 e. The van der Waals surface area contributed by atoms with E-state index >= 15 is 0 Å². The van der Waals surface area contributed by atoms with Crippen molar-refractivity contribution in [2.75, 3.05) is 5.32 Å². The number of benzene rings is 3. The van der Waals surface area contributed by atoms with E-state index < -0.39 is 0 Å². The average molecular weight is 459 g/mol. The fourth-order valence-electron chi connectivity index (χ4n) is 3.95. The molecule has 0 unspecified atom stereocenters. The first kappa shape index (κ1) is 22.0. The molecule has 0 saturated heterocycles. The van der Waals surface area contributed by atoms with Crippen LogP contribution in [0.1, 0.15) is 28.1 Å². The number of halogens is 1. The van der Waals surface area contributed by atoms with E-state index in [-0.39, 0.29) is 18.3 Å². The predicted molar refractivity (Wildman–Crippen MR) is 127 cm³/mol. The van der Waals surface area contributed by atoms with Gasteiger partial charge in [0, 0.05) is 11.3 Å². The fraction of sp³-hybridized carbons (Fsp3) is 0.111. The van der Waals surface area contributed by atoms with E-state index in [0.29, 0.717) is 0 Å². The van der Waals surface area contributed by atoms with Gasteiger partial charge in [0.2, 0.25) is 5.01 Å². The molecule has 5 heteroatoms. The Balaban J connectivity index is 0.00000245. The normalized spacial score (nSPS) is 12.3. The monoisotopic (exact) mass is 458 g/mol. The van der Waals surface area contributed by atoms with Crippen molar-refractivity contribution < 1.29 is 22.2 Å². The molecule has 0 radical (unpaired) electrons. The van der Waals surface area contributed by atoms with E-state index in [1.807, 2.05) is 48.0 Å². The highest BCUT2D eigenvalue weighted by molar-refractivity contribution is 7.09. The number of H-pyrrole nitrogens is 1. The van der Waals surface area contributed by atoms with Crippen molar-refractivity contribution in [1.82, 2.24) is 0 Å². The van der Waals surface area contributed by atoms with Gasteiger partial charge in [-0.3, -0.25) is 4.79 Å². The van der Waals surface area contributed by atoms with Gasteiger partial charge < -0.3 is 17.7 Å². The van der Waals surface area contributed by atoms with Gasteiger partial charge in [0.05, 0.1) is 11.8 Å². The molecule has 160 valence electrons. The highest BCUT2D eigenvalue weighted by Gasteiger charge is 2.17. The van der Waals surface area contributed by atoms with Gasteiger partial charge in [0.15, 0.2) is 6.20 Å². The lowest BCUT2D eigenvalue weighted by Crippen LogP contribution is -3.00. The number of hydrogen-bond donors (Lipinski definition) is 1. The summed E-state index contributed by atoms with van der Waals surface area (Å²) in [6.45, 7) is 0. The average Bonchev–Trinajstić information content (AvgIpc) is 3.33. The van der Waals surface area contributed by atoms with Crippen LogP contribution in [0, 0.1) is 0 Å². The summed E-state index contributed by atoms with van der Waals surface area (Å²) < 4.78 is 0. The molecule has 32 heavy (non-hydrogen) atoms. The van der Waals surface area contributed by atoms with Gasteiger partial charge in [0.1, 0.15) is 0 Å². The molecule has 1 aliphatic carbocycles. The van der Waals surface area contributed by atoms with Gasteiger partial charge in [-0.15, -0.1) is 0 Å². The zero-order chi connectivity index (χ0) is 21.0. The van der Waals surface area contributed by atoms with Crippen LogP contribution in [0.4, 0.5) is 5.69 Å². The second-order valence-electron chi connectivity index (χ2n) is 7.77. The fourth-order valence-corrected chi connectivity index (χ4v) is 4.63. The number of anilines is 1. The number of aromatic nitrogens is 1. The number of carbonyl (C=O) groups excluding carboxylic acids is 1. The number of nitrogens with one attached hydrogen (secondary N) is 2. The van der Waals surface area contributed by atoms with E-state index in [4.69, 9.17) is 0 Å². The third-order valence-electron chi connectivity index (χ3n) is 5.64. The predicted octanol–water partition coefficient (Wildman–Crippen LogP) is 2.79. The molecule has 4 aromatic rings. The molecule has 0 fully saturated rings. The number of thiazole rings is 1. The Morgan fingerprint density at radius 2 is 1.75 bits per heavy atom. The topological polar surface area (TPSA) is 43.2 Å². The van der Waals surface area contributed by atoms with Crippen LogP contribution >= 0.6 is 11.3 Å². The molecular formula is C27H23ClN2OS. The molecule has 5 rings (SSSR count). The zero-order valence-corrected chi connectivity index (χ0v) is 19.0. The van der Waals surface area contributed by atoms with Crippen molar-refractivity contribution in [2.45, 2.75) is 19.3 Å². The molecule has 0 saturated carbocycles. The number of aryl methyl sites for hydroxylation is 1. The molecule has 0 bridgehead atoms. The summed E-state index contributed by atoms with van der Waals surface area (Å²) in [6.07, 6.45) is 6.52. The minimum atomic E-state index is -0.0184. The Hall–Kier alpha value is -3.21. The van der Waals surface area contributed by atoms with E-state index in [0.717, 1.165) is 36.1 Å².